The summed E-state index contributed by atoms with van der Waals surface area (Å²) in [5.41, 5.74) is 0. The normalized spacial score (nSPS) is 22.4. The lowest BCUT2D eigenvalue weighted by Crippen LogP contribution is -2.26. The second-order valence-electron chi connectivity index (χ2n) is 3.45. The maximum atomic E-state index is 5.38. The Kier molecular flexibility index (Phi) is 6.68. The lowest BCUT2D eigenvalue weighted by Gasteiger charge is -2.09. The minimum Gasteiger partial charge on any atom is -0.380 e. The highest BCUT2D eigenvalue weighted by Crippen LogP contribution is 2.24. The minimum absolute atomic E-state index is 0.866. The van der Waals surface area contributed by atoms with Gasteiger partial charge in [-0.05, 0) is 25.0 Å². The van der Waals surface area contributed by atoms with Gasteiger partial charge < -0.3 is 10.1 Å². The molecule has 0 amide bonds. The first kappa shape index (κ1) is 11.3. The van der Waals surface area contributed by atoms with Crippen LogP contribution in [0.3, 0.4) is 0 Å². The van der Waals surface area contributed by atoms with Crippen molar-refractivity contribution in [1.29, 1.82) is 0 Å². The summed E-state index contributed by atoms with van der Waals surface area (Å²) < 4.78 is 5.38. The molecule has 0 radical (unpaired) electrons. The number of nitrogens with one attached hydrogen (secondary N) is 1. The lowest BCUT2D eigenvalue weighted by molar-refractivity contribution is 0.136. The highest BCUT2D eigenvalue weighted by molar-refractivity contribution is 8.00. The second kappa shape index (κ2) is 7.65. The summed E-state index contributed by atoms with van der Waals surface area (Å²) >= 11 is 2.11. The third kappa shape index (κ3) is 5.55. The van der Waals surface area contributed by atoms with Crippen LogP contribution in [0.15, 0.2) is 0 Å². The monoisotopic (exact) mass is 203 g/mol. The van der Waals surface area contributed by atoms with Crippen molar-refractivity contribution in [3.63, 3.8) is 0 Å². The van der Waals surface area contributed by atoms with Crippen molar-refractivity contribution < 1.29 is 4.74 Å². The summed E-state index contributed by atoms with van der Waals surface area (Å²) in [6.45, 7) is 6.09. The summed E-state index contributed by atoms with van der Waals surface area (Å²) in [5, 5.41) is 4.31. The minimum atomic E-state index is 0.866. The molecule has 13 heavy (non-hydrogen) atoms. The molecule has 2 nitrogen and oxygen atoms in total. The Labute approximate surface area is 85.8 Å². The van der Waals surface area contributed by atoms with E-state index in [2.05, 4.69) is 24.0 Å². The first-order chi connectivity index (χ1) is 6.43. The van der Waals surface area contributed by atoms with Crippen molar-refractivity contribution in [2.24, 2.45) is 0 Å². The summed E-state index contributed by atoms with van der Waals surface area (Å²) in [6, 6.07) is 0. The SMILES string of the molecule is CCCOCCNCC1CCCS1. The third-order valence-electron chi connectivity index (χ3n) is 2.17. The van der Waals surface area contributed by atoms with Crippen LogP contribution in [0.2, 0.25) is 0 Å². The van der Waals surface area contributed by atoms with E-state index in [1.165, 1.54) is 25.1 Å². The molecule has 78 valence electrons. The molecule has 1 rings (SSSR count). The Morgan fingerprint density at radius 2 is 2.38 bits per heavy atom. The van der Waals surface area contributed by atoms with E-state index in [1.54, 1.807) is 0 Å². The summed E-state index contributed by atoms with van der Waals surface area (Å²) in [5.74, 6) is 1.36. The Balaban J connectivity index is 1.78. The topological polar surface area (TPSA) is 21.3 Å². The number of ether oxygens (including phenoxy) is 1. The number of hydrogen-bond donors (Lipinski definition) is 1. The molecule has 1 aliphatic heterocycles. The van der Waals surface area contributed by atoms with Crippen LogP contribution in [0.5, 0.6) is 0 Å². The predicted molar refractivity (Wildman–Crippen MR) is 59.5 cm³/mol. The molecule has 1 saturated heterocycles. The summed E-state index contributed by atoms with van der Waals surface area (Å²) in [7, 11) is 0. The molecule has 0 bridgehead atoms. The molecule has 1 N–H and O–H groups in total. The maximum Gasteiger partial charge on any atom is 0.0590 e. The van der Waals surface area contributed by atoms with Gasteiger partial charge in [0.2, 0.25) is 0 Å². The largest absolute Gasteiger partial charge is 0.380 e. The number of rotatable bonds is 7. The van der Waals surface area contributed by atoms with E-state index in [0.717, 1.165) is 31.4 Å². The van der Waals surface area contributed by atoms with Gasteiger partial charge in [0.1, 0.15) is 0 Å². The zero-order chi connectivity index (χ0) is 9.36. The zero-order valence-electron chi connectivity index (χ0n) is 8.55. The van der Waals surface area contributed by atoms with Gasteiger partial charge in [-0.25, -0.2) is 0 Å². The van der Waals surface area contributed by atoms with Gasteiger partial charge in [-0.15, -0.1) is 0 Å². The van der Waals surface area contributed by atoms with E-state index in [1.807, 2.05) is 0 Å². The van der Waals surface area contributed by atoms with Gasteiger partial charge in [-0.3, -0.25) is 0 Å². The van der Waals surface area contributed by atoms with E-state index in [-0.39, 0.29) is 0 Å². The van der Waals surface area contributed by atoms with E-state index in [9.17, 15) is 0 Å². The Morgan fingerprint density at radius 3 is 3.08 bits per heavy atom. The fourth-order valence-corrected chi connectivity index (χ4v) is 2.69. The van der Waals surface area contributed by atoms with Crippen LogP contribution in [-0.4, -0.2) is 37.3 Å². The van der Waals surface area contributed by atoms with E-state index in [4.69, 9.17) is 4.74 Å². The summed E-state index contributed by atoms with van der Waals surface area (Å²) in [6.07, 6.45) is 3.93. The van der Waals surface area contributed by atoms with Gasteiger partial charge in [0.25, 0.3) is 0 Å². The molecule has 0 aromatic carbocycles. The molecule has 1 aliphatic rings. The van der Waals surface area contributed by atoms with Gasteiger partial charge in [0.05, 0.1) is 6.61 Å². The molecule has 0 aromatic rings. The molecule has 1 unspecified atom stereocenters. The molecule has 0 aromatic heterocycles. The number of thioether (sulfide) groups is 1. The molecule has 1 atom stereocenters. The van der Waals surface area contributed by atoms with E-state index >= 15 is 0 Å². The van der Waals surface area contributed by atoms with Gasteiger partial charge in [0, 0.05) is 24.9 Å². The van der Waals surface area contributed by atoms with Gasteiger partial charge in [-0.2, -0.15) is 11.8 Å². The van der Waals surface area contributed by atoms with Crippen molar-refractivity contribution in [2.75, 3.05) is 32.1 Å². The van der Waals surface area contributed by atoms with Crippen LogP contribution in [0.4, 0.5) is 0 Å². The van der Waals surface area contributed by atoms with Crippen molar-refractivity contribution in [1.82, 2.24) is 5.32 Å². The molecule has 0 saturated carbocycles. The first-order valence-corrected chi connectivity index (χ1v) is 6.38. The smallest absolute Gasteiger partial charge is 0.0590 e. The Hall–Kier alpha value is 0.270. The summed E-state index contributed by atoms with van der Waals surface area (Å²) in [4.78, 5) is 0. The van der Waals surface area contributed by atoms with Crippen LogP contribution in [0.25, 0.3) is 0 Å². The fourth-order valence-electron chi connectivity index (χ4n) is 1.46. The van der Waals surface area contributed by atoms with Gasteiger partial charge in [-0.1, -0.05) is 6.92 Å². The fraction of sp³-hybridized carbons (Fsp3) is 1.00. The van der Waals surface area contributed by atoms with E-state index in [0.29, 0.717) is 0 Å². The average molecular weight is 203 g/mol. The Bertz CT molecular complexity index is 115. The van der Waals surface area contributed by atoms with Crippen LogP contribution < -0.4 is 5.32 Å². The quantitative estimate of drug-likeness (QED) is 0.639. The van der Waals surface area contributed by atoms with Crippen LogP contribution in [0, 0.1) is 0 Å². The first-order valence-electron chi connectivity index (χ1n) is 5.33. The average Bonchev–Trinajstić information content (AvgIpc) is 2.63. The molecular weight excluding hydrogens is 182 g/mol. The van der Waals surface area contributed by atoms with Crippen molar-refractivity contribution in [3.05, 3.63) is 0 Å². The third-order valence-corrected chi connectivity index (χ3v) is 3.57. The van der Waals surface area contributed by atoms with Crippen LogP contribution >= 0.6 is 11.8 Å². The predicted octanol–water partition coefficient (Wildman–Crippen LogP) is 1.90. The van der Waals surface area contributed by atoms with Crippen molar-refractivity contribution >= 4 is 11.8 Å². The molecular formula is C10H21NOS. The van der Waals surface area contributed by atoms with Crippen LogP contribution in [-0.2, 0) is 4.74 Å². The molecule has 3 heteroatoms. The molecule has 0 aliphatic carbocycles. The highest BCUT2D eigenvalue weighted by atomic mass is 32.2. The van der Waals surface area contributed by atoms with Crippen molar-refractivity contribution in [2.45, 2.75) is 31.4 Å². The highest BCUT2D eigenvalue weighted by Gasteiger charge is 2.14. The molecule has 1 heterocycles. The van der Waals surface area contributed by atoms with E-state index < -0.39 is 0 Å². The van der Waals surface area contributed by atoms with Crippen molar-refractivity contribution in [3.8, 4) is 0 Å². The van der Waals surface area contributed by atoms with Gasteiger partial charge in [0.15, 0.2) is 0 Å². The van der Waals surface area contributed by atoms with Crippen LogP contribution in [0.1, 0.15) is 26.2 Å². The molecule has 1 fully saturated rings. The standard InChI is InChI=1S/C10H21NOS/c1-2-6-12-7-5-11-9-10-4-3-8-13-10/h10-11H,2-9H2,1H3. The molecule has 0 spiro atoms. The zero-order valence-corrected chi connectivity index (χ0v) is 9.37. The second-order valence-corrected chi connectivity index (χ2v) is 4.86. The maximum absolute atomic E-state index is 5.38. The Morgan fingerprint density at radius 1 is 1.46 bits per heavy atom. The van der Waals surface area contributed by atoms with Gasteiger partial charge >= 0.3 is 0 Å². The lowest BCUT2D eigenvalue weighted by atomic mass is 10.2. The number of hydrogen-bond acceptors (Lipinski definition) is 3.